The minimum absolute atomic E-state index is 0.0547. The van der Waals surface area contributed by atoms with Crippen molar-refractivity contribution in [3.8, 4) is 0 Å². The molecule has 1 aliphatic heterocycles. The van der Waals surface area contributed by atoms with Gasteiger partial charge in [-0.15, -0.1) is 0 Å². The fourth-order valence-corrected chi connectivity index (χ4v) is 6.00. The van der Waals surface area contributed by atoms with E-state index in [0.717, 1.165) is 46.5 Å². The summed E-state index contributed by atoms with van der Waals surface area (Å²) >= 11 is 0. The van der Waals surface area contributed by atoms with Crippen LogP contribution in [0.1, 0.15) is 27.3 Å². The molecule has 0 radical (unpaired) electrons. The van der Waals surface area contributed by atoms with Crippen molar-refractivity contribution in [3.05, 3.63) is 126 Å². The van der Waals surface area contributed by atoms with Crippen LogP contribution in [0.5, 0.6) is 0 Å². The predicted molar refractivity (Wildman–Crippen MR) is 158 cm³/mol. The van der Waals surface area contributed by atoms with E-state index in [1.807, 2.05) is 30.3 Å². The van der Waals surface area contributed by atoms with Crippen molar-refractivity contribution in [3.63, 3.8) is 0 Å². The third-order valence-corrected chi connectivity index (χ3v) is 7.86. The van der Waals surface area contributed by atoms with Crippen molar-refractivity contribution in [2.45, 2.75) is 5.54 Å². The Labute approximate surface area is 237 Å². The average molecular weight is 544 g/mol. The van der Waals surface area contributed by atoms with Gasteiger partial charge in [0.15, 0.2) is 0 Å². The van der Waals surface area contributed by atoms with Crippen LogP contribution >= 0.6 is 0 Å². The molecule has 41 heavy (non-hydrogen) atoms. The topological polar surface area (TPSA) is 85.3 Å². The number of carbonyl (C=O) groups excluding carboxylic acids is 1. The zero-order valence-electron chi connectivity index (χ0n) is 22.7. The van der Waals surface area contributed by atoms with Gasteiger partial charge in [0.25, 0.3) is 0 Å². The second-order valence-electron chi connectivity index (χ2n) is 10.1. The molecule has 6 aromatic rings. The number of imidazole rings is 1. The Kier molecular flexibility index (Phi) is 6.24. The first-order valence-corrected chi connectivity index (χ1v) is 13.7. The number of esters is 1. The molecule has 0 saturated carbocycles. The Hall–Kier alpha value is -4.95. The minimum Gasteiger partial charge on any atom is -0.463 e. The number of morpholine rings is 1. The molecule has 1 N–H and O–H groups in total. The molecule has 8 heteroatoms. The van der Waals surface area contributed by atoms with E-state index in [-0.39, 0.29) is 5.82 Å². The Morgan fingerprint density at radius 2 is 1.32 bits per heavy atom. The van der Waals surface area contributed by atoms with Gasteiger partial charge in [-0.25, -0.2) is 14.8 Å². The number of aromatic nitrogens is 4. The number of nitrogens with one attached hydrogen (secondary N) is 1. The highest BCUT2D eigenvalue weighted by Gasteiger charge is 2.41. The number of anilines is 1. The third-order valence-electron chi connectivity index (χ3n) is 7.86. The van der Waals surface area contributed by atoms with Crippen LogP contribution in [0, 0.1) is 0 Å². The molecule has 0 bridgehead atoms. The number of methoxy groups -OCH3 is 1. The van der Waals surface area contributed by atoms with Crippen molar-refractivity contribution in [2.24, 2.45) is 0 Å². The average Bonchev–Trinajstić information content (AvgIpc) is 3.63. The summed E-state index contributed by atoms with van der Waals surface area (Å²) in [7, 11) is 1.34. The number of H-pyrrole nitrogens is 1. The van der Waals surface area contributed by atoms with E-state index in [9.17, 15) is 4.79 Å². The quantitative estimate of drug-likeness (QED) is 0.224. The summed E-state index contributed by atoms with van der Waals surface area (Å²) in [6, 6.07) is 35.7. The number of aromatic amines is 1. The van der Waals surface area contributed by atoms with Crippen molar-refractivity contribution in [1.29, 1.82) is 0 Å². The Balaban J connectivity index is 1.62. The van der Waals surface area contributed by atoms with Gasteiger partial charge in [0.1, 0.15) is 11.4 Å². The Morgan fingerprint density at radius 3 is 1.83 bits per heavy atom. The predicted octanol–water partition coefficient (Wildman–Crippen LogP) is 5.38. The highest BCUT2D eigenvalue weighted by atomic mass is 16.5. The normalized spacial score (nSPS) is 14.0. The van der Waals surface area contributed by atoms with Crippen LogP contribution in [-0.2, 0) is 15.0 Å². The van der Waals surface area contributed by atoms with Gasteiger partial charge in [-0.1, -0.05) is 91.0 Å². The summed E-state index contributed by atoms with van der Waals surface area (Å²) in [5.74, 6) is 0.472. The lowest BCUT2D eigenvalue weighted by Gasteiger charge is -2.38. The first-order chi connectivity index (χ1) is 20.2. The zero-order valence-corrected chi connectivity index (χ0v) is 22.7. The molecule has 0 aliphatic carbocycles. The smallest absolute Gasteiger partial charge is 0.376 e. The van der Waals surface area contributed by atoms with E-state index in [0.29, 0.717) is 24.2 Å². The molecule has 1 aliphatic rings. The number of rotatable bonds is 6. The molecule has 2 aromatic heterocycles. The molecule has 8 nitrogen and oxygen atoms in total. The summed E-state index contributed by atoms with van der Waals surface area (Å²) in [5, 5.41) is 4.84. The van der Waals surface area contributed by atoms with E-state index < -0.39 is 11.5 Å². The molecule has 1 fully saturated rings. The first-order valence-electron chi connectivity index (χ1n) is 13.7. The SMILES string of the molecule is COC(=O)c1nc2cc3c(N4CCOCC4)[nH]n(C(c4ccccc4)(c4ccccc4)c4ccccc4)c3cc2n1. The monoisotopic (exact) mass is 543 g/mol. The van der Waals surface area contributed by atoms with Gasteiger partial charge in [0, 0.05) is 18.5 Å². The van der Waals surface area contributed by atoms with Gasteiger partial charge < -0.3 is 14.4 Å². The number of ether oxygens (including phenoxy) is 2. The molecule has 204 valence electrons. The fourth-order valence-electron chi connectivity index (χ4n) is 6.00. The Bertz CT molecular complexity index is 1730. The Morgan fingerprint density at radius 1 is 0.805 bits per heavy atom. The number of benzene rings is 4. The molecule has 7 rings (SSSR count). The van der Waals surface area contributed by atoms with Gasteiger partial charge >= 0.3 is 5.97 Å². The van der Waals surface area contributed by atoms with Crippen LogP contribution in [0.25, 0.3) is 21.9 Å². The standard InChI is InChI=1S/C33H29N5O3/c1-40-32(39)30-34-27-21-26-29(22-28(27)35-30)38(36-31(26)37-17-19-41-20-18-37)33(23-11-5-2-6-12-23,24-13-7-3-8-14-24)25-15-9-4-10-16-25/h2-16,21-22,36H,17-20H2,1H3. The lowest BCUT2D eigenvalue weighted by Crippen LogP contribution is -2.40. The third kappa shape index (κ3) is 4.06. The van der Waals surface area contributed by atoms with Crippen LogP contribution in [0.2, 0.25) is 0 Å². The molecular formula is C33H29N5O3. The lowest BCUT2D eigenvalue weighted by atomic mass is 9.77. The van der Waals surface area contributed by atoms with Crippen molar-refractivity contribution >= 4 is 33.7 Å². The van der Waals surface area contributed by atoms with Crippen LogP contribution in [0.4, 0.5) is 5.82 Å². The van der Waals surface area contributed by atoms with Gasteiger partial charge in [-0.05, 0) is 28.8 Å². The van der Waals surface area contributed by atoms with E-state index >= 15 is 0 Å². The second kappa shape index (κ2) is 10.2. The number of fused-ring (bicyclic) bond motifs is 2. The maximum Gasteiger partial charge on any atom is 0.376 e. The zero-order chi connectivity index (χ0) is 27.8. The summed E-state index contributed by atoms with van der Waals surface area (Å²) in [6.45, 7) is 2.80. The van der Waals surface area contributed by atoms with Gasteiger partial charge in [-0.2, -0.15) is 0 Å². The summed E-state index contributed by atoms with van der Waals surface area (Å²) in [6.07, 6.45) is 0. The van der Waals surface area contributed by atoms with Gasteiger partial charge in [0.05, 0.1) is 36.9 Å². The summed E-state index contributed by atoms with van der Waals surface area (Å²) in [5.41, 5.74) is 4.75. The number of carbonyl (C=O) groups is 1. The highest BCUT2D eigenvalue weighted by Crippen LogP contribution is 2.44. The molecule has 3 heterocycles. The minimum atomic E-state index is -0.758. The number of hydrogen-bond donors (Lipinski definition) is 1. The van der Waals surface area contributed by atoms with E-state index in [4.69, 9.17) is 9.47 Å². The van der Waals surface area contributed by atoms with E-state index in [1.165, 1.54) is 7.11 Å². The molecule has 0 amide bonds. The van der Waals surface area contributed by atoms with Crippen LogP contribution in [0.15, 0.2) is 103 Å². The fraction of sp³-hybridized carbons (Fsp3) is 0.182. The number of nitrogens with zero attached hydrogens (tertiary/aromatic N) is 4. The number of hydrogen-bond acceptors (Lipinski definition) is 6. The van der Waals surface area contributed by atoms with Crippen LogP contribution in [-0.4, -0.2) is 59.1 Å². The second-order valence-corrected chi connectivity index (χ2v) is 10.1. The lowest BCUT2D eigenvalue weighted by molar-refractivity contribution is 0.0588. The summed E-state index contributed by atoms with van der Waals surface area (Å²) < 4.78 is 12.9. The first kappa shape index (κ1) is 25.0. The maximum absolute atomic E-state index is 12.3. The van der Waals surface area contributed by atoms with Crippen molar-refractivity contribution < 1.29 is 14.3 Å². The van der Waals surface area contributed by atoms with E-state index in [2.05, 4.69) is 97.4 Å². The molecule has 1 saturated heterocycles. The molecule has 0 atom stereocenters. The van der Waals surface area contributed by atoms with E-state index in [1.54, 1.807) is 0 Å². The summed E-state index contributed by atoms with van der Waals surface area (Å²) in [4.78, 5) is 23.7. The molecule has 4 aromatic carbocycles. The molecule has 0 unspecified atom stereocenters. The van der Waals surface area contributed by atoms with Crippen LogP contribution < -0.4 is 4.90 Å². The maximum atomic E-state index is 12.3. The molecular weight excluding hydrogens is 514 g/mol. The highest BCUT2D eigenvalue weighted by molar-refractivity contribution is 6.01. The largest absolute Gasteiger partial charge is 0.463 e. The molecule has 0 spiro atoms. The van der Waals surface area contributed by atoms with Crippen LogP contribution in [0.3, 0.4) is 0 Å². The van der Waals surface area contributed by atoms with Gasteiger partial charge in [-0.3, -0.25) is 9.78 Å². The van der Waals surface area contributed by atoms with Gasteiger partial charge in [0.2, 0.25) is 5.82 Å². The van der Waals surface area contributed by atoms with Crippen molar-refractivity contribution in [1.82, 2.24) is 19.7 Å². The van der Waals surface area contributed by atoms with Crippen molar-refractivity contribution in [2.75, 3.05) is 38.3 Å².